The van der Waals surface area contributed by atoms with E-state index in [1.165, 1.54) is 6.20 Å². The number of anilines is 1. The zero-order valence-electron chi connectivity index (χ0n) is 11.9. The minimum atomic E-state index is -0.266. The zero-order chi connectivity index (χ0) is 15.6. The van der Waals surface area contributed by atoms with Crippen LogP contribution in [0.1, 0.15) is 10.4 Å². The summed E-state index contributed by atoms with van der Waals surface area (Å²) in [5, 5.41) is 6.93. The van der Waals surface area contributed by atoms with E-state index in [9.17, 15) is 4.79 Å². The molecular weight excluding hydrogens is 294 g/mol. The molecule has 0 unspecified atom stereocenters. The highest BCUT2D eigenvalue weighted by atomic mass is 16.1. The number of nitrogens with zero attached hydrogens (tertiary/aromatic N) is 6. The molecule has 4 aromatic rings. The summed E-state index contributed by atoms with van der Waals surface area (Å²) in [7, 11) is 0. The second-order valence-electron chi connectivity index (χ2n) is 4.76. The van der Waals surface area contributed by atoms with Crippen LogP contribution in [0.2, 0.25) is 0 Å². The Balaban J connectivity index is 1.58. The fourth-order valence-electron chi connectivity index (χ4n) is 2.19. The Morgan fingerprint density at radius 1 is 1.04 bits per heavy atom. The van der Waals surface area contributed by atoms with Gasteiger partial charge < -0.3 is 5.32 Å². The molecule has 8 nitrogen and oxygen atoms in total. The quantitative estimate of drug-likeness (QED) is 0.620. The summed E-state index contributed by atoms with van der Waals surface area (Å²) in [6.07, 6.45) is 9.86. The number of nitrogens with one attached hydrogen (secondary N) is 1. The Hall–Kier alpha value is -3.55. The van der Waals surface area contributed by atoms with Crippen molar-refractivity contribution >= 4 is 17.4 Å². The van der Waals surface area contributed by atoms with E-state index in [0.717, 1.165) is 0 Å². The third kappa shape index (κ3) is 2.42. The molecule has 4 aromatic heterocycles. The van der Waals surface area contributed by atoms with Crippen LogP contribution in [0, 0.1) is 0 Å². The average molecular weight is 305 g/mol. The molecule has 23 heavy (non-hydrogen) atoms. The maximum Gasteiger partial charge on any atom is 0.258 e. The highest BCUT2D eigenvalue weighted by Gasteiger charge is 2.10. The van der Waals surface area contributed by atoms with Gasteiger partial charge in [-0.05, 0) is 18.2 Å². The van der Waals surface area contributed by atoms with Gasteiger partial charge >= 0.3 is 0 Å². The van der Waals surface area contributed by atoms with Crippen LogP contribution in [0.4, 0.5) is 5.82 Å². The molecule has 4 rings (SSSR count). The first-order chi connectivity index (χ1) is 11.3. The number of carbonyl (C=O) groups is 1. The molecule has 0 aromatic carbocycles. The number of amides is 1. The molecule has 0 spiro atoms. The van der Waals surface area contributed by atoms with Crippen molar-refractivity contribution in [1.82, 2.24) is 29.1 Å². The number of carbonyl (C=O) groups excluding carboxylic acids is 1. The number of hydrogen-bond donors (Lipinski definition) is 1. The molecule has 1 N–H and O–H groups in total. The van der Waals surface area contributed by atoms with Crippen LogP contribution in [-0.2, 0) is 0 Å². The van der Waals surface area contributed by atoms with E-state index in [2.05, 4.69) is 25.4 Å². The summed E-state index contributed by atoms with van der Waals surface area (Å²) in [4.78, 5) is 24.7. The SMILES string of the molecule is O=C(Nc1ccnc2ccnn12)c1ccc(-n2ccnc2)nc1. The van der Waals surface area contributed by atoms with Crippen LogP contribution >= 0.6 is 0 Å². The third-order valence-electron chi connectivity index (χ3n) is 3.31. The normalized spacial score (nSPS) is 10.8. The third-order valence-corrected chi connectivity index (χ3v) is 3.31. The average Bonchev–Trinajstić information content (AvgIpc) is 3.27. The molecule has 1 amide bonds. The lowest BCUT2D eigenvalue weighted by molar-refractivity contribution is 0.102. The molecule has 0 aliphatic rings. The lowest BCUT2D eigenvalue weighted by Crippen LogP contribution is -2.15. The Morgan fingerprint density at radius 3 is 2.78 bits per heavy atom. The topological polar surface area (TPSA) is 90.0 Å². The second kappa shape index (κ2) is 5.34. The predicted octanol–water partition coefficient (Wildman–Crippen LogP) is 1.56. The zero-order valence-corrected chi connectivity index (χ0v) is 11.9. The van der Waals surface area contributed by atoms with E-state index in [-0.39, 0.29) is 5.91 Å². The minimum Gasteiger partial charge on any atom is -0.306 e. The Morgan fingerprint density at radius 2 is 2.00 bits per heavy atom. The molecule has 0 saturated heterocycles. The van der Waals surface area contributed by atoms with Gasteiger partial charge in [0.15, 0.2) is 5.65 Å². The van der Waals surface area contributed by atoms with Gasteiger partial charge in [0.25, 0.3) is 5.91 Å². The summed E-state index contributed by atoms with van der Waals surface area (Å²) < 4.78 is 3.32. The minimum absolute atomic E-state index is 0.266. The van der Waals surface area contributed by atoms with Crippen LogP contribution in [0.5, 0.6) is 0 Å². The lowest BCUT2D eigenvalue weighted by Gasteiger charge is -2.07. The molecular formula is C15H11N7O. The van der Waals surface area contributed by atoms with Crippen LogP contribution in [-0.4, -0.2) is 35.0 Å². The Kier molecular flexibility index (Phi) is 3.05. The predicted molar refractivity (Wildman–Crippen MR) is 82.3 cm³/mol. The maximum atomic E-state index is 12.3. The van der Waals surface area contributed by atoms with Gasteiger partial charge in [0, 0.05) is 30.9 Å². The fourth-order valence-corrected chi connectivity index (χ4v) is 2.19. The highest BCUT2D eigenvalue weighted by molar-refractivity contribution is 6.03. The number of rotatable bonds is 3. The van der Waals surface area contributed by atoms with Gasteiger partial charge in [-0.15, -0.1) is 0 Å². The van der Waals surface area contributed by atoms with Crippen LogP contribution in [0.3, 0.4) is 0 Å². The molecule has 0 saturated carbocycles. The molecule has 8 heteroatoms. The van der Waals surface area contributed by atoms with E-state index >= 15 is 0 Å². The van der Waals surface area contributed by atoms with E-state index in [4.69, 9.17) is 0 Å². The van der Waals surface area contributed by atoms with Crippen molar-refractivity contribution < 1.29 is 4.79 Å². The van der Waals surface area contributed by atoms with Crippen molar-refractivity contribution in [3.8, 4) is 5.82 Å². The summed E-state index contributed by atoms with van der Waals surface area (Å²) in [6.45, 7) is 0. The first-order valence-electron chi connectivity index (χ1n) is 6.86. The molecule has 0 radical (unpaired) electrons. The largest absolute Gasteiger partial charge is 0.306 e. The lowest BCUT2D eigenvalue weighted by atomic mass is 10.2. The van der Waals surface area contributed by atoms with Crippen molar-refractivity contribution in [2.75, 3.05) is 5.32 Å². The number of imidazole rings is 1. The van der Waals surface area contributed by atoms with Crippen molar-refractivity contribution in [2.45, 2.75) is 0 Å². The Bertz CT molecular complexity index is 957. The summed E-state index contributed by atoms with van der Waals surface area (Å²) in [5.41, 5.74) is 1.11. The summed E-state index contributed by atoms with van der Waals surface area (Å²) >= 11 is 0. The smallest absolute Gasteiger partial charge is 0.258 e. The van der Waals surface area contributed by atoms with Crippen molar-refractivity contribution in [1.29, 1.82) is 0 Å². The second-order valence-corrected chi connectivity index (χ2v) is 4.76. The number of hydrogen-bond acceptors (Lipinski definition) is 5. The highest BCUT2D eigenvalue weighted by Crippen LogP contribution is 2.11. The first kappa shape index (κ1) is 13.1. The molecule has 112 valence electrons. The van der Waals surface area contributed by atoms with Gasteiger partial charge in [0.2, 0.25) is 0 Å². The van der Waals surface area contributed by atoms with Crippen LogP contribution < -0.4 is 5.32 Å². The van der Waals surface area contributed by atoms with Gasteiger partial charge in [-0.25, -0.2) is 15.0 Å². The number of aromatic nitrogens is 6. The van der Waals surface area contributed by atoms with E-state index in [1.54, 1.807) is 64.5 Å². The van der Waals surface area contributed by atoms with Crippen molar-refractivity contribution in [2.24, 2.45) is 0 Å². The standard InChI is InChI=1S/C15H11N7O/c23-15(20-14-3-5-17-13-4-6-19-22(13)14)11-1-2-12(18-9-11)21-8-7-16-10-21/h1-10H,(H,20,23). The number of fused-ring (bicyclic) bond motifs is 1. The van der Waals surface area contributed by atoms with E-state index in [1.807, 2.05) is 0 Å². The van der Waals surface area contributed by atoms with Crippen LogP contribution in [0.25, 0.3) is 11.5 Å². The van der Waals surface area contributed by atoms with Gasteiger partial charge in [0.05, 0.1) is 11.8 Å². The van der Waals surface area contributed by atoms with Crippen molar-refractivity contribution in [3.05, 3.63) is 67.1 Å². The Labute approximate surface area is 130 Å². The molecule has 4 heterocycles. The van der Waals surface area contributed by atoms with E-state index < -0.39 is 0 Å². The summed E-state index contributed by atoms with van der Waals surface area (Å²) in [5.74, 6) is 0.971. The molecule has 0 bridgehead atoms. The molecule has 0 aliphatic carbocycles. The van der Waals surface area contributed by atoms with Gasteiger partial charge in [0.1, 0.15) is 18.0 Å². The number of pyridine rings is 1. The van der Waals surface area contributed by atoms with E-state index in [0.29, 0.717) is 22.8 Å². The van der Waals surface area contributed by atoms with Gasteiger partial charge in [-0.3, -0.25) is 9.36 Å². The van der Waals surface area contributed by atoms with Gasteiger partial charge in [-0.2, -0.15) is 9.61 Å². The van der Waals surface area contributed by atoms with Crippen LogP contribution in [0.15, 0.2) is 61.6 Å². The van der Waals surface area contributed by atoms with Crippen molar-refractivity contribution in [3.63, 3.8) is 0 Å². The molecule has 0 atom stereocenters. The maximum absolute atomic E-state index is 12.3. The molecule has 0 fully saturated rings. The van der Waals surface area contributed by atoms with Gasteiger partial charge in [-0.1, -0.05) is 0 Å². The first-order valence-corrected chi connectivity index (χ1v) is 6.86. The molecule has 0 aliphatic heterocycles. The summed E-state index contributed by atoms with van der Waals surface area (Å²) in [6, 6.07) is 6.91. The monoisotopic (exact) mass is 305 g/mol. The fraction of sp³-hybridized carbons (Fsp3) is 0.